The van der Waals surface area contributed by atoms with E-state index in [4.69, 9.17) is 23.7 Å². The first kappa shape index (κ1) is 29.6. The summed E-state index contributed by atoms with van der Waals surface area (Å²) in [4.78, 5) is 26.6. The van der Waals surface area contributed by atoms with Crippen LogP contribution in [-0.4, -0.2) is 41.1 Å². The minimum absolute atomic E-state index is 0.102. The molecule has 0 saturated carbocycles. The Bertz CT molecular complexity index is 1820. The van der Waals surface area contributed by atoms with E-state index in [2.05, 4.69) is 45.5 Å². The molecule has 4 aromatic rings. The minimum atomic E-state index is -0.569. The van der Waals surface area contributed by atoms with E-state index in [1.54, 1.807) is 27.4 Å². The first-order valence-electron chi connectivity index (χ1n) is 14.2. The highest BCUT2D eigenvalue weighted by atomic mass is 79.9. The number of alkyl carbamates (subject to hydrolysis) is 1. The van der Waals surface area contributed by atoms with Gasteiger partial charge < -0.3 is 29.0 Å². The highest BCUT2D eigenvalue weighted by Gasteiger charge is 2.32. The fourth-order valence-corrected chi connectivity index (χ4v) is 6.80. The molecule has 2 atom stereocenters. The Labute approximate surface area is 264 Å². The Morgan fingerprint density at radius 2 is 1.52 bits per heavy atom. The zero-order valence-corrected chi connectivity index (χ0v) is 26.4. The molecule has 0 saturated heterocycles. The minimum Gasteiger partial charge on any atom is -0.493 e. The lowest BCUT2D eigenvalue weighted by molar-refractivity contribution is 0.138. The van der Waals surface area contributed by atoms with Crippen molar-refractivity contribution in [3.63, 3.8) is 0 Å². The number of hydrogen-bond donors (Lipinski definition) is 1. The number of amides is 1. The Morgan fingerprint density at radius 3 is 2.27 bits per heavy atom. The van der Waals surface area contributed by atoms with Crippen LogP contribution in [0.3, 0.4) is 0 Å². The summed E-state index contributed by atoms with van der Waals surface area (Å²) in [6.45, 7) is 0.164. The molecule has 6 rings (SSSR count). The van der Waals surface area contributed by atoms with E-state index in [-0.39, 0.29) is 23.7 Å². The lowest BCUT2D eigenvalue weighted by atomic mass is 9.95. The van der Waals surface area contributed by atoms with Crippen molar-refractivity contribution in [2.45, 2.75) is 24.8 Å². The molecule has 0 radical (unpaired) electrons. The van der Waals surface area contributed by atoms with Gasteiger partial charge in [-0.15, -0.1) is 0 Å². The topological polar surface area (TPSA) is 92.3 Å². The van der Waals surface area contributed by atoms with Gasteiger partial charge in [-0.1, -0.05) is 52.3 Å². The second-order valence-corrected chi connectivity index (χ2v) is 11.6. The van der Waals surface area contributed by atoms with E-state index < -0.39 is 12.1 Å². The zero-order valence-electron chi connectivity index (χ0n) is 24.9. The third-order valence-electron chi connectivity index (χ3n) is 8.41. The number of nitrogens with one attached hydrogen (secondary N) is 1. The van der Waals surface area contributed by atoms with E-state index in [0.29, 0.717) is 41.2 Å². The van der Waals surface area contributed by atoms with Crippen LogP contribution in [0.25, 0.3) is 22.3 Å². The summed E-state index contributed by atoms with van der Waals surface area (Å²) in [6, 6.07) is 20.7. The van der Waals surface area contributed by atoms with Crippen molar-refractivity contribution in [2.75, 3.05) is 35.0 Å². The molecule has 0 bridgehead atoms. The van der Waals surface area contributed by atoms with Gasteiger partial charge in [0.25, 0.3) is 0 Å². The largest absolute Gasteiger partial charge is 0.493 e. The molecule has 1 amide bonds. The fraction of sp³-hybridized carbons (Fsp3) is 0.257. The van der Waals surface area contributed by atoms with Crippen LogP contribution in [0.4, 0.5) is 4.79 Å². The van der Waals surface area contributed by atoms with Gasteiger partial charge in [-0.05, 0) is 82.1 Å². The van der Waals surface area contributed by atoms with Crippen LogP contribution in [0.5, 0.6) is 23.0 Å². The number of methoxy groups -OCH3 is 4. The van der Waals surface area contributed by atoms with Crippen LogP contribution < -0.4 is 29.7 Å². The number of aryl methyl sites for hydroxylation is 1. The van der Waals surface area contributed by atoms with Crippen LogP contribution in [0.15, 0.2) is 76.0 Å². The molecule has 2 unspecified atom stereocenters. The molecule has 0 aromatic heterocycles. The van der Waals surface area contributed by atoms with Gasteiger partial charge in [0.15, 0.2) is 17.2 Å². The van der Waals surface area contributed by atoms with Crippen molar-refractivity contribution in [3.05, 3.63) is 104 Å². The van der Waals surface area contributed by atoms with E-state index >= 15 is 0 Å². The third-order valence-corrected chi connectivity index (χ3v) is 8.90. The van der Waals surface area contributed by atoms with Gasteiger partial charge in [0, 0.05) is 16.0 Å². The third kappa shape index (κ3) is 5.15. The maximum absolute atomic E-state index is 13.5. The molecular weight excluding hydrogens is 626 g/mol. The molecule has 0 aliphatic heterocycles. The Balaban J connectivity index is 1.35. The molecule has 4 aromatic carbocycles. The number of fused-ring (bicyclic) bond motifs is 6. The normalized spacial score (nSPS) is 15.9. The highest BCUT2D eigenvalue weighted by Crippen LogP contribution is 2.50. The molecule has 44 heavy (non-hydrogen) atoms. The van der Waals surface area contributed by atoms with E-state index in [1.807, 2.05) is 30.3 Å². The standard InChI is InChI=1S/C35H32BrNO7/c1-40-30-14-12-24-26(17-29(30)38)28(13-9-19-15-31(41-2)33(42-3)34(43-4)32(19)24)37-35(39)44-18-27-22-8-6-5-7-21(22)23-11-10-20(36)16-25(23)27/h5-8,10-12,14-17,27-28H,9,13,18H2,1-4H3,(H,37,39). The van der Waals surface area contributed by atoms with Gasteiger partial charge in [-0.25, -0.2) is 4.79 Å². The zero-order chi connectivity index (χ0) is 31.0. The maximum Gasteiger partial charge on any atom is 0.407 e. The smallest absolute Gasteiger partial charge is 0.407 e. The average molecular weight is 659 g/mol. The molecule has 0 heterocycles. The van der Waals surface area contributed by atoms with Gasteiger partial charge >= 0.3 is 6.09 Å². The van der Waals surface area contributed by atoms with Crippen LogP contribution in [-0.2, 0) is 11.2 Å². The number of carbonyl (C=O) groups excluding carboxylic acids is 1. The molecule has 0 fully saturated rings. The molecule has 226 valence electrons. The molecule has 2 aliphatic rings. The molecule has 8 nitrogen and oxygen atoms in total. The first-order chi connectivity index (χ1) is 21.4. The van der Waals surface area contributed by atoms with Gasteiger partial charge in [0.2, 0.25) is 11.2 Å². The summed E-state index contributed by atoms with van der Waals surface area (Å²) in [7, 11) is 6.14. The van der Waals surface area contributed by atoms with Crippen molar-refractivity contribution >= 4 is 22.0 Å². The van der Waals surface area contributed by atoms with E-state index in [9.17, 15) is 9.59 Å². The fourth-order valence-electron chi connectivity index (χ4n) is 6.42. The van der Waals surface area contributed by atoms with Crippen LogP contribution >= 0.6 is 15.9 Å². The second kappa shape index (κ2) is 12.2. The van der Waals surface area contributed by atoms with Gasteiger partial charge in [0.05, 0.1) is 34.5 Å². The molecule has 0 spiro atoms. The lowest BCUT2D eigenvalue weighted by Crippen LogP contribution is -2.30. The van der Waals surface area contributed by atoms with E-state index in [1.165, 1.54) is 13.2 Å². The Morgan fingerprint density at radius 1 is 0.795 bits per heavy atom. The molecule has 9 heteroatoms. The second-order valence-electron chi connectivity index (χ2n) is 10.7. The van der Waals surface area contributed by atoms with Crippen LogP contribution in [0.1, 0.15) is 40.6 Å². The monoisotopic (exact) mass is 657 g/mol. The van der Waals surface area contributed by atoms with Crippen LogP contribution in [0.2, 0.25) is 0 Å². The lowest BCUT2D eigenvalue weighted by Gasteiger charge is -2.20. The summed E-state index contributed by atoms with van der Waals surface area (Å²) < 4.78 is 29.4. The quantitative estimate of drug-likeness (QED) is 0.228. The summed E-state index contributed by atoms with van der Waals surface area (Å²) in [6.07, 6.45) is 0.500. The predicted molar refractivity (Wildman–Crippen MR) is 171 cm³/mol. The number of halogens is 1. The highest BCUT2D eigenvalue weighted by molar-refractivity contribution is 9.10. The van der Waals surface area contributed by atoms with E-state index in [0.717, 1.165) is 37.9 Å². The summed E-state index contributed by atoms with van der Waals surface area (Å²) in [5.41, 5.74) is 7.23. The Hall–Kier alpha value is -4.50. The number of carbonyl (C=O) groups is 1. The van der Waals surface area contributed by atoms with Crippen molar-refractivity contribution in [1.82, 2.24) is 5.32 Å². The Kier molecular flexibility index (Phi) is 8.23. The van der Waals surface area contributed by atoms with Crippen LogP contribution in [0, 0.1) is 0 Å². The first-order valence-corrected chi connectivity index (χ1v) is 15.0. The number of hydrogen-bond acceptors (Lipinski definition) is 7. The SMILES string of the molecule is COc1cc2c(c(OC)c1OC)-c1ccc(OC)c(=O)cc1C(NC(=O)OCC1c3ccccc3-c3ccc(Br)cc31)CC2. The molecule has 1 N–H and O–H groups in total. The molecular formula is C35H32BrNO7. The van der Waals surface area contributed by atoms with Gasteiger partial charge in [-0.3, -0.25) is 4.79 Å². The average Bonchev–Trinajstić information content (AvgIpc) is 3.13. The van der Waals surface area contributed by atoms with Crippen molar-refractivity contribution in [1.29, 1.82) is 0 Å². The van der Waals surface area contributed by atoms with Gasteiger partial charge in [0.1, 0.15) is 6.61 Å². The number of benzene rings is 3. The summed E-state index contributed by atoms with van der Waals surface area (Å²) in [5.74, 6) is 1.53. The van der Waals surface area contributed by atoms with Gasteiger partial charge in [-0.2, -0.15) is 0 Å². The van der Waals surface area contributed by atoms with Crippen molar-refractivity contribution < 1.29 is 28.5 Å². The van der Waals surface area contributed by atoms with Crippen molar-refractivity contribution in [3.8, 4) is 45.3 Å². The summed E-state index contributed by atoms with van der Waals surface area (Å²) >= 11 is 3.59. The predicted octanol–water partition coefficient (Wildman–Crippen LogP) is 7.04. The maximum atomic E-state index is 13.5. The number of rotatable bonds is 7. The molecule has 2 aliphatic carbocycles. The summed E-state index contributed by atoms with van der Waals surface area (Å²) in [5, 5.41) is 3.05. The van der Waals surface area contributed by atoms with Crippen molar-refractivity contribution in [2.24, 2.45) is 0 Å². The number of ether oxygens (including phenoxy) is 5.